The Balaban J connectivity index is 1.67. The SMILES string of the molecule is O=C1S/C(=C\c2cc([N+](=O)[O-])ccc2N2CCOCC2)C(=O)N1Cc1c(Cl)cccc1Cl. The van der Waals surface area contributed by atoms with Crippen molar-refractivity contribution in [2.45, 2.75) is 6.54 Å². The highest BCUT2D eigenvalue weighted by Crippen LogP contribution is 2.37. The number of anilines is 1. The van der Waals surface area contributed by atoms with Crippen LogP contribution < -0.4 is 4.90 Å². The quantitative estimate of drug-likeness (QED) is 0.329. The molecule has 32 heavy (non-hydrogen) atoms. The van der Waals surface area contributed by atoms with Crippen LogP contribution in [0.5, 0.6) is 0 Å². The van der Waals surface area contributed by atoms with Gasteiger partial charge >= 0.3 is 0 Å². The minimum absolute atomic E-state index is 0.0637. The molecule has 2 fully saturated rings. The zero-order valence-electron chi connectivity index (χ0n) is 16.6. The highest BCUT2D eigenvalue weighted by molar-refractivity contribution is 8.18. The number of nitrogens with zero attached hydrogens (tertiary/aromatic N) is 3. The molecule has 8 nitrogen and oxygen atoms in total. The van der Waals surface area contributed by atoms with Crippen LogP contribution in [0.2, 0.25) is 10.0 Å². The molecule has 2 amide bonds. The molecule has 0 aromatic heterocycles. The summed E-state index contributed by atoms with van der Waals surface area (Å²) in [7, 11) is 0. The first-order valence-corrected chi connectivity index (χ1v) is 11.2. The number of amides is 2. The largest absolute Gasteiger partial charge is 0.378 e. The van der Waals surface area contributed by atoms with Crippen LogP contribution in [0.1, 0.15) is 11.1 Å². The van der Waals surface area contributed by atoms with Crippen molar-refractivity contribution < 1.29 is 19.2 Å². The zero-order chi connectivity index (χ0) is 22.8. The predicted molar refractivity (Wildman–Crippen MR) is 124 cm³/mol. The minimum Gasteiger partial charge on any atom is -0.378 e. The van der Waals surface area contributed by atoms with Crippen molar-refractivity contribution in [3.05, 3.63) is 72.6 Å². The van der Waals surface area contributed by atoms with Crippen LogP contribution in [0, 0.1) is 10.1 Å². The standard InChI is InChI=1S/C21H17Cl2N3O5S/c22-16-2-1-3-17(23)15(16)12-25-20(27)19(32-21(25)28)11-13-10-14(26(29)30)4-5-18(13)24-6-8-31-9-7-24/h1-5,10-11H,6-9,12H2/b19-11-. The Morgan fingerprint density at radius 1 is 1.12 bits per heavy atom. The molecule has 166 valence electrons. The average molecular weight is 494 g/mol. The fourth-order valence-corrected chi connectivity index (χ4v) is 4.83. The summed E-state index contributed by atoms with van der Waals surface area (Å²) in [5, 5.41) is 11.6. The lowest BCUT2D eigenvalue weighted by Gasteiger charge is -2.30. The summed E-state index contributed by atoms with van der Waals surface area (Å²) in [6, 6.07) is 9.43. The number of nitro groups is 1. The Morgan fingerprint density at radius 3 is 2.47 bits per heavy atom. The molecule has 0 saturated carbocycles. The fourth-order valence-electron chi connectivity index (χ4n) is 3.48. The van der Waals surface area contributed by atoms with Crippen molar-refractivity contribution in [2.75, 3.05) is 31.2 Å². The third kappa shape index (κ3) is 4.61. The van der Waals surface area contributed by atoms with Crippen molar-refractivity contribution in [3.63, 3.8) is 0 Å². The monoisotopic (exact) mass is 493 g/mol. The number of carbonyl (C=O) groups is 2. The third-order valence-electron chi connectivity index (χ3n) is 5.11. The number of rotatable bonds is 5. The first-order chi connectivity index (χ1) is 15.3. The normalized spacial score (nSPS) is 18.0. The number of carbonyl (C=O) groups excluding carboxylic acids is 2. The first-order valence-electron chi connectivity index (χ1n) is 9.64. The van der Waals surface area contributed by atoms with Crippen molar-refractivity contribution in [1.82, 2.24) is 4.90 Å². The summed E-state index contributed by atoms with van der Waals surface area (Å²) in [5.74, 6) is -0.504. The maximum absolute atomic E-state index is 13.0. The molecular weight excluding hydrogens is 477 g/mol. The van der Waals surface area contributed by atoms with Gasteiger partial charge in [-0.2, -0.15) is 0 Å². The highest BCUT2D eigenvalue weighted by Gasteiger charge is 2.36. The smallest absolute Gasteiger partial charge is 0.293 e. The Hall–Kier alpha value is -2.59. The summed E-state index contributed by atoms with van der Waals surface area (Å²) in [4.78, 5) is 39.7. The van der Waals surface area contributed by atoms with E-state index in [9.17, 15) is 19.7 Å². The number of nitro benzene ring substituents is 1. The summed E-state index contributed by atoms with van der Waals surface area (Å²) in [6.45, 7) is 2.24. The number of hydrogen-bond acceptors (Lipinski definition) is 7. The molecular formula is C21H17Cl2N3O5S. The third-order valence-corrected chi connectivity index (χ3v) is 6.73. The van der Waals surface area contributed by atoms with Gasteiger partial charge in [-0.3, -0.25) is 24.6 Å². The number of hydrogen-bond donors (Lipinski definition) is 0. The molecule has 0 unspecified atom stereocenters. The van der Waals surface area contributed by atoms with E-state index in [0.29, 0.717) is 47.5 Å². The molecule has 2 aromatic carbocycles. The maximum atomic E-state index is 13.0. The van der Waals surface area contributed by atoms with Gasteiger partial charge in [0.05, 0.1) is 29.6 Å². The van der Waals surface area contributed by atoms with Gasteiger partial charge in [0.25, 0.3) is 16.8 Å². The fraction of sp³-hybridized carbons (Fsp3) is 0.238. The second-order valence-corrected chi connectivity index (χ2v) is 8.88. The van der Waals surface area contributed by atoms with Gasteiger partial charge in [0.2, 0.25) is 0 Å². The minimum atomic E-state index is -0.504. The molecule has 2 saturated heterocycles. The van der Waals surface area contributed by atoms with Crippen LogP contribution in [0.4, 0.5) is 16.2 Å². The molecule has 0 radical (unpaired) electrons. The van der Waals surface area contributed by atoms with Crippen molar-refractivity contribution >= 4 is 63.6 Å². The molecule has 0 bridgehead atoms. The van der Waals surface area contributed by atoms with E-state index in [4.69, 9.17) is 27.9 Å². The molecule has 0 aliphatic carbocycles. The Kier molecular flexibility index (Phi) is 6.71. The van der Waals surface area contributed by atoms with Crippen molar-refractivity contribution in [1.29, 1.82) is 0 Å². The number of morpholine rings is 1. The van der Waals surface area contributed by atoms with Crippen molar-refractivity contribution in [2.24, 2.45) is 0 Å². The van der Waals surface area contributed by atoms with Gasteiger partial charge in [-0.25, -0.2) is 0 Å². The molecule has 0 spiro atoms. The van der Waals surface area contributed by atoms with Gasteiger partial charge in [0, 0.05) is 52.1 Å². The van der Waals surface area contributed by atoms with Crippen LogP contribution in [0.25, 0.3) is 6.08 Å². The molecule has 2 aromatic rings. The van der Waals surface area contributed by atoms with E-state index in [1.54, 1.807) is 24.3 Å². The van der Waals surface area contributed by atoms with Crippen LogP contribution in [0.15, 0.2) is 41.3 Å². The lowest BCUT2D eigenvalue weighted by atomic mass is 10.1. The van der Waals surface area contributed by atoms with Crippen LogP contribution >= 0.6 is 35.0 Å². The van der Waals surface area contributed by atoms with Gasteiger partial charge < -0.3 is 9.64 Å². The Morgan fingerprint density at radius 2 is 1.81 bits per heavy atom. The first kappa shape index (κ1) is 22.6. The maximum Gasteiger partial charge on any atom is 0.293 e. The lowest BCUT2D eigenvalue weighted by Crippen LogP contribution is -2.36. The van der Waals surface area contributed by atoms with Crippen LogP contribution in [-0.2, 0) is 16.1 Å². The predicted octanol–water partition coefficient (Wildman–Crippen LogP) is 4.97. The lowest BCUT2D eigenvalue weighted by molar-refractivity contribution is -0.384. The van der Waals surface area contributed by atoms with Crippen molar-refractivity contribution in [3.8, 4) is 0 Å². The number of benzene rings is 2. The van der Waals surface area contributed by atoms with Gasteiger partial charge in [0.15, 0.2) is 0 Å². The van der Waals surface area contributed by atoms with E-state index >= 15 is 0 Å². The summed E-state index contributed by atoms with van der Waals surface area (Å²) in [6.07, 6.45) is 1.52. The molecule has 0 N–H and O–H groups in total. The molecule has 0 atom stereocenters. The van der Waals surface area contributed by atoms with E-state index < -0.39 is 16.1 Å². The number of non-ortho nitro benzene ring substituents is 1. The molecule has 2 aliphatic rings. The Bertz CT molecular complexity index is 1110. The number of thioether (sulfide) groups is 1. The highest BCUT2D eigenvalue weighted by atomic mass is 35.5. The van der Waals surface area contributed by atoms with E-state index in [1.807, 2.05) is 4.90 Å². The van der Waals surface area contributed by atoms with Gasteiger partial charge in [-0.15, -0.1) is 0 Å². The molecule has 4 rings (SSSR count). The summed E-state index contributed by atoms with van der Waals surface area (Å²) in [5.41, 5.74) is 1.60. The van der Waals surface area contributed by atoms with Gasteiger partial charge in [0.1, 0.15) is 0 Å². The Labute approximate surface area is 197 Å². The second kappa shape index (κ2) is 9.50. The van der Waals surface area contributed by atoms with E-state index in [-0.39, 0.29) is 17.1 Å². The number of imide groups is 1. The summed E-state index contributed by atoms with van der Waals surface area (Å²) < 4.78 is 5.38. The summed E-state index contributed by atoms with van der Waals surface area (Å²) >= 11 is 13.2. The average Bonchev–Trinajstić information content (AvgIpc) is 3.04. The number of ether oxygens (including phenoxy) is 1. The van der Waals surface area contributed by atoms with E-state index in [1.165, 1.54) is 18.2 Å². The topological polar surface area (TPSA) is 93.0 Å². The number of halogens is 2. The van der Waals surface area contributed by atoms with E-state index in [0.717, 1.165) is 22.3 Å². The van der Waals surface area contributed by atoms with E-state index in [2.05, 4.69) is 0 Å². The van der Waals surface area contributed by atoms with Gasteiger partial charge in [-0.05, 0) is 36.0 Å². The molecule has 2 aliphatic heterocycles. The molecule has 2 heterocycles. The zero-order valence-corrected chi connectivity index (χ0v) is 19.0. The van der Waals surface area contributed by atoms with Crippen LogP contribution in [-0.4, -0.2) is 47.3 Å². The van der Waals surface area contributed by atoms with Crippen LogP contribution in [0.3, 0.4) is 0 Å². The molecule has 11 heteroatoms. The van der Waals surface area contributed by atoms with Gasteiger partial charge in [-0.1, -0.05) is 29.3 Å². The second-order valence-electron chi connectivity index (χ2n) is 7.07.